The van der Waals surface area contributed by atoms with Gasteiger partial charge in [-0.3, -0.25) is 0 Å². The normalized spacial score (nSPS) is 22.1. The topological polar surface area (TPSA) is 20.3 Å². The molecule has 1 heterocycles. The van der Waals surface area contributed by atoms with E-state index in [9.17, 15) is 4.79 Å². The van der Waals surface area contributed by atoms with Crippen LogP contribution < -0.4 is 0 Å². The summed E-state index contributed by atoms with van der Waals surface area (Å²) in [5.41, 5.74) is 0.380. The lowest BCUT2D eigenvalue weighted by Gasteiger charge is -2.32. The number of nitrogens with zero attached hydrogens (tertiary/aromatic N) is 1. The highest BCUT2D eigenvalue weighted by molar-refractivity contribution is 5.59. The zero-order valence-electron chi connectivity index (χ0n) is 12.1. The van der Waals surface area contributed by atoms with E-state index >= 15 is 0 Å². The van der Waals surface area contributed by atoms with E-state index in [2.05, 4.69) is 32.6 Å². The van der Waals surface area contributed by atoms with Gasteiger partial charge < -0.3 is 9.69 Å². The highest BCUT2D eigenvalue weighted by Gasteiger charge is 2.30. The fourth-order valence-electron chi connectivity index (χ4n) is 2.76. The maximum absolute atomic E-state index is 11.3. The second kappa shape index (κ2) is 5.99. The third-order valence-electron chi connectivity index (χ3n) is 4.63. The summed E-state index contributed by atoms with van der Waals surface area (Å²) in [6, 6.07) is 0. The summed E-state index contributed by atoms with van der Waals surface area (Å²) in [7, 11) is 0. The monoisotopic (exact) mass is 239 g/mol. The minimum Gasteiger partial charge on any atom is -0.303 e. The van der Waals surface area contributed by atoms with Crippen LogP contribution in [0.15, 0.2) is 0 Å². The SMILES string of the molecule is CCC(C=O)(CC)CN1CCCC(C)(C)CC1. The van der Waals surface area contributed by atoms with Crippen LogP contribution in [0.5, 0.6) is 0 Å². The van der Waals surface area contributed by atoms with Crippen molar-refractivity contribution in [3.05, 3.63) is 0 Å². The molecule has 0 radical (unpaired) electrons. The van der Waals surface area contributed by atoms with Crippen molar-refractivity contribution in [1.82, 2.24) is 4.90 Å². The Bertz CT molecular complexity index is 243. The van der Waals surface area contributed by atoms with E-state index in [1.165, 1.54) is 32.1 Å². The first-order valence-electron chi connectivity index (χ1n) is 7.16. The summed E-state index contributed by atoms with van der Waals surface area (Å²) >= 11 is 0. The molecular formula is C15H29NO. The molecule has 1 aliphatic heterocycles. The van der Waals surface area contributed by atoms with Crippen LogP contribution in [0, 0.1) is 10.8 Å². The fourth-order valence-corrected chi connectivity index (χ4v) is 2.76. The highest BCUT2D eigenvalue weighted by atomic mass is 16.1. The fraction of sp³-hybridized carbons (Fsp3) is 0.933. The van der Waals surface area contributed by atoms with Crippen molar-refractivity contribution < 1.29 is 4.79 Å². The Morgan fingerprint density at radius 2 is 1.82 bits per heavy atom. The van der Waals surface area contributed by atoms with Crippen molar-refractivity contribution in [2.24, 2.45) is 10.8 Å². The highest BCUT2D eigenvalue weighted by Crippen LogP contribution is 2.32. The zero-order valence-corrected chi connectivity index (χ0v) is 12.1. The molecule has 0 aromatic carbocycles. The second-order valence-corrected chi connectivity index (χ2v) is 6.48. The molecule has 0 atom stereocenters. The third-order valence-corrected chi connectivity index (χ3v) is 4.63. The molecule has 2 nitrogen and oxygen atoms in total. The molecular weight excluding hydrogens is 210 g/mol. The minimum absolute atomic E-state index is 0.103. The lowest BCUT2D eigenvalue weighted by atomic mass is 9.83. The smallest absolute Gasteiger partial charge is 0.127 e. The molecule has 17 heavy (non-hydrogen) atoms. The minimum atomic E-state index is -0.103. The van der Waals surface area contributed by atoms with Crippen molar-refractivity contribution in [2.75, 3.05) is 19.6 Å². The summed E-state index contributed by atoms with van der Waals surface area (Å²) in [4.78, 5) is 13.9. The summed E-state index contributed by atoms with van der Waals surface area (Å²) in [6.07, 6.45) is 6.98. The Morgan fingerprint density at radius 3 is 2.35 bits per heavy atom. The molecule has 1 rings (SSSR count). The van der Waals surface area contributed by atoms with Gasteiger partial charge in [0, 0.05) is 12.0 Å². The number of hydrogen-bond acceptors (Lipinski definition) is 2. The van der Waals surface area contributed by atoms with Gasteiger partial charge >= 0.3 is 0 Å². The Morgan fingerprint density at radius 1 is 1.18 bits per heavy atom. The van der Waals surface area contributed by atoms with Gasteiger partial charge in [-0.15, -0.1) is 0 Å². The van der Waals surface area contributed by atoms with E-state index in [0.29, 0.717) is 5.41 Å². The van der Waals surface area contributed by atoms with Gasteiger partial charge in [-0.1, -0.05) is 27.7 Å². The molecule has 0 saturated carbocycles. The third kappa shape index (κ3) is 4.09. The van der Waals surface area contributed by atoms with Crippen LogP contribution >= 0.6 is 0 Å². The number of carbonyl (C=O) groups excluding carboxylic acids is 1. The number of rotatable bonds is 5. The van der Waals surface area contributed by atoms with E-state index in [1.807, 2.05) is 0 Å². The van der Waals surface area contributed by atoms with Crippen molar-refractivity contribution in [2.45, 2.75) is 59.8 Å². The van der Waals surface area contributed by atoms with Crippen molar-refractivity contribution in [3.63, 3.8) is 0 Å². The second-order valence-electron chi connectivity index (χ2n) is 6.48. The first-order chi connectivity index (χ1) is 7.97. The molecule has 1 aliphatic rings. The van der Waals surface area contributed by atoms with Gasteiger partial charge in [0.05, 0.1) is 0 Å². The first-order valence-corrected chi connectivity index (χ1v) is 7.16. The molecule has 0 amide bonds. The number of carbonyl (C=O) groups is 1. The van der Waals surface area contributed by atoms with Gasteiger partial charge in [-0.05, 0) is 50.6 Å². The molecule has 0 aromatic heterocycles. The average molecular weight is 239 g/mol. The van der Waals surface area contributed by atoms with Gasteiger partial charge in [-0.25, -0.2) is 0 Å². The van der Waals surface area contributed by atoms with E-state index in [0.717, 1.165) is 25.9 Å². The van der Waals surface area contributed by atoms with Crippen LogP contribution in [0.3, 0.4) is 0 Å². The van der Waals surface area contributed by atoms with Gasteiger partial charge in [0.1, 0.15) is 6.29 Å². The number of likely N-dealkylation sites (tertiary alicyclic amines) is 1. The summed E-state index contributed by atoms with van der Waals surface area (Å²) in [5.74, 6) is 0. The average Bonchev–Trinajstić information content (AvgIpc) is 2.48. The summed E-state index contributed by atoms with van der Waals surface area (Å²) in [6.45, 7) is 12.3. The van der Waals surface area contributed by atoms with Gasteiger partial charge in [0.15, 0.2) is 0 Å². The van der Waals surface area contributed by atoms with Crippen molar-refractivity contribution in [1.29, 1.82) is 0 Å². The van der Waals surface area contributed by atoms with E-state index in [-0.39, 0.29) is 5.41 Å². The summed E-state index contributed by atoms with van der Waals surface area (Å²) in [5, 5.41) is 0. The standard InChI is InChI=1S/C15H29NO/c1-5-15(6-2,13-17)12-16-10-7-8-14(3,4)9-11-16/h13H,5-12H2,1-4H3. The molecule has 100 valence electrons. The number of aldehydes is 1. The molecule has 0 unspecified atom stereocenters. The largest absolute Gasteiger partial charge is 0.303 e. The van der Waals surface area contributed by atoms with Gasteiger partial charge in [0.25, 0.3) is 0 Å². The van der Waals surface area contributed by atoms with Crippen LogP contribution in [0.2, 0.25) is 0 Å². The predicted octanol–water partition coefficient (Wildman–Crippen LogP) is 3.50. The van der Waals surface area contributed by atoms with Crippen LogP contribution in [0.1, 0.15) is 59.8 Å². The predicted molar refractivity (Wildman–Crippen MR) is 73.2 cm³/mol. The molecule has 1 saturated heterocycles. The Kier molecular flexibility index (Phi) is 5.18. The molecule has 0 aromatic rings. The van der Waals surface area contributed by atoms with Gasteiger partial charge in [-0.2, -0.15) is 0 Å². The Labute approximate surface area is 107 Å². The van der Waals surface area contributed by atoms with Gasteiger partial charge in [0.2, 0.25) is 0 Å². The van der Waals surface area contributed by atoms with E-state index in [1.54, 1.807) is 0 Å². The molecule has 1 fully saturated rings. The first kappa shape index (κ1) is 14.7. The number of hydrogen-bond donors (Lipinski definition) is 0. The molecule has 2 heteroatoms. The van der Waals surface area contributed by atoms with Crippen LogP contribution in [-0.4, -0.2) is 30.8 Å². The summed E-state index contributed by atoms with van der Waals surface area (Å²) < 4.78 is 0. The molecule has 0 aliphatic carbocycles. The molecule has 0 bridgehead atoms. The Hall–Kier alpha value is -0.370. The molecule has 0 spiro atoms. The zero-order chi connectivity index (χ0) is 12.9. The van der Waals surface area contributed by atoms with E-state index in [4.69, 9.17) is 0 Å². The maximum atomic E-state index is 11.3. The van der Waals surface area contributed by atoms with Crippen molar-refractivity contribution in [3.8, 4) is 0 Å². The van der Waals surface area contributed by atoms with Crippen LogP contribution in [-0.2, 0) is 4.79 Å². The van der Waals surface area contributed by atoms with E-state index < -0.39 is 0 Å². The molecule has 0 N–H and O–H groups in total. The Balaban J connectivity index is 2.59. The lowest BCUT2D eigenvalue weighted by Crippen LogP contribution is -2.39. The maximum Gasteiger partial charge on any atom is 0.127 e. The quantitative estimate of drug-likeness (QED) is 0.684. The van der Waals surface area contributed by atoms with Crippen LogP contribution in [0.25, 0.3) is 0 Å². The lowest BCUT2D eigenvalue weighted by molar-refractivity contribution is -0.117. The van der Waals surface area contributed by atoms with Crippen molar-refractivity contribution >= 4 is 6.29 Å². The van der Waals surface area contributed by atoms with Crippen LogP contribution in [0.4, 0.5) is 0 Å².